The van der Waals surface area contributed by atoms with Gasteiger partial charge in [0, 0.05) is 5.41 Å². The number of benzene rings is 4. The van der Waals surface area contributed by atoms with Gasteiger partial charge in [-0.15, -0.1) is 0 Å². The van der Waals surface area contributed by atoms with Crippen molar-refractivity contribution in [1.82, 2.24) is 0 Å². The summed E-state index contributed by atoms with van der Waals surface area (Å²) >= 11 is 0. The first kappa shape index (κ1) is 32.8. The third-order valence-corrected chi connectivity index (χ3v) is 11.0. The summed E-state index contributed by atoms with van der Waals surface area (Å²) in [5.41, 5.74) is 4.35. The van der Waals surface area contributed by atoms with Crippen LogP contribution in [0.2, 0.25) is 0 Å². The van der Waals surface area contributed by atoms with Crippen LogP contribution < -0.4 is 9.47 Å². The van der Waals surface area contributed by atoms with E-state index in [1.165, 1.54) is 14.2 Å². The average molecular weight is 667 g/mol. The Morgan fingerprint density at radius 2 is 1.16 bits per heavy atom. The number of ether oxygens (including phenoxy) is 4. The molecule has 4 aromatic rings. The van der Waals surface area contributed by atoms with Crippen LogP contribution in [0.3, 0.4) is 0 Å². The summed E-state index contributed by atoms with van der Waals surface area (Å²) in [4.78, 5) is 0. The number of phenolic OH excluding ortho intramolecular Hbond substituents is 4. The van der Waals surface area contributed by atoms with E-state index in [0.717, 1.165) is 33.4 Å². The maximum Gasteiger partial charge on any atom is 0.160 e. The zero-order chi connectivity index (χ0) is 34.8. The zero-order valence-corrected chi connectivity index (χ0v) is 28.2. The van der Waals surface area contributed by atoms with Crippen LogP contribution in [0.4, 0.5) is 0 Å². The Morgan fingerprint density at radius 3 is 1.80 bits per heavy atom. The van der Waals surface area contributed by atoms with E-state index in [4.69, 9.17) is 18.9 Å². The largest absolute Gasteiger partial charge is 0.508 e. The second kappa shape index (κ2) is 12.0. The molecular weight excluding hydrogens is 624 g/mol. The first-order valence-corrected chi connectivity index (χ1v) is 16.5. The van der Waals surface area contributed by atoms with E-state index in [9.17, 15) is 25.5 Å². The number of phenols is 4. The van der Waals surface area contributed by atoms with Gasteiger partial charge in [0.15, 0.2) is 23.0 Å². The lowest BCUT2D eigenvalue weighted by atomic mass is 9.57. The van der Waals surface area contributed by atoms with E-state index < -0.39 is 35.4 Å². The third kappa shape index (κ3) is 5.19. The molecule has 1 spiro atoms. The van der Waals surface area contributed by atoms with Crippen LogP contribution in [-0.2, 0) is 9.47 Å². The molecule has 0 amide bonds. The molecule has 0 bridgehead atoms. The number of aryl methyl sites for hydroxylation is 2. The molecule has 0 aromatic heterocycles. The third-order valence-electron chi connectivity index (χ3n) is 11.0. The van der Waals surface area contributed by atoms with E-state index in [0.29, 0.717) is 41.9 Å². The lowest BCUT2D eigenvalue weighted by molar-refractivity contribution is -0.0772. The number of hydrogen-bond acceptors (Lipinski definition) is 9. The average Bonchev–Trinajstić information content (AvgIpc) is 3.56. The van der Waals surface area contributed by atoms with Crippen LogP contribution in [-0.4, -0.2) is 45.4 Å². The minimum absolute atomic E-state index is 0.0165. The topological polar surface area (TPSA) is 138 Å². The van der Waals surface area contributed by atoms with Crippen molar-refractivity contribution in [2.75, 3.05) is 14.2 Å². The lowest BCUT2D eigenvalue weighted by Crippen LogP contribution is -2.48. The molecule has 256 valence electrons. The van der Waals surface area contributed by atoms with Crippen molar-refractivity contribution in [1.29, 1.82) is 0 Å². The summed E-state index contributed by atoms with van der Waals surface area (Å²) in [5, 5.41) is 54.8. The van der Waals surface area contributed by atoms with Gasteiger partial charge in [-0.3, -0.25) is 0 Å². The monoisotopic (exact) mass is 666 g/mol. The van der Waals surface area contributed by atoms with E-state index >= 15 is 0 Å². The van der Waals surface area contributed by atoms with Gasteiger partial charge in [-0.2, -0.15) is 0 Å². The first-order valence-electron chi connectivity index (χ1n) is 16.5. The normalized spacial score (nSPS) is 27.8. The summed E-state index contributed by atoms with van der Waals surface area (Å²) < 4.78 is 24.6. The van der Waals surface area contributed by atoms with Crippen molar-refractivity contribution in [3.63, 3.8) is 0 Å². The first-order chi connectivity index (χ1) is 23.4. The number of methoxy groups -OCH3 is 2. The van der Waals surface area contributed by atoms with E-state index in [-0.39, 0.29) is 23.0 Å². The maximum atomic E-state index is 12.9. The van der Waals surface area contributed by atoms with Crippen molar-refractivity contribution in [2.45, 2.75) is 70.1 Å². The molecule has 5 N–H and O–H groups in total. The molecule has 49 heavy (non-hydrogen) atoms. The van der Waals surface area contributed by atoms with Crippen molar-refractivity contribution in [3.8, 4) is 34.5 Å². The molecule has 0 unspecified atom stereocenters. The van der Waals surface area contributed by atoms with Crippen LogP contribution in [0.25, 0.3) is 0 Å². The predicted molar refractivity (Wildman–Crippen MR) is 182 cm³/mol. The Bertz CT molecular complexity index is 1960. The quantitative estimate of drug-likeness (QED) is 0.131. The second-order valence-electron chi connectivity index (χ2n) is 13.8. The Hall–Kier alpha value is -4.70. The molecule has 9 nitrogen and oxygen atoms in total. The van der Waals surface area contributed by atoms with Gasteiger partial charge in [-0.25, -0.2) is 0 Å². The van der Waals surface area contributed by atoms with Gasteiger partial charge in [0.2, 0.25) is 0 Å². The number of aromatic hydroxyl groups is 4. The smallest absolute Gasteiger partial charge is 0.160 e. The van der Waals surface area contributed by atoms with Crippen LogP contribution in [0.15, 0.2) is 83.9 Å². The summed E-state index contributed by atoms with van der Waals surface area (Å²) in [5.74, 6) is 1.01. The molecule has 1 fully saturated rings. The minimum atomic E-state index is -1.42. The molecule has 3 aliphatic rings. The van der Waals surface area contributed by atoms with Crippen molar-refractivity contribution in [2.24, 2.45) is 5.41 Å². The molecule has 1 aliphatic carbocycles. The highest BCUT2D eigenvalue weighted by Crippen LogP contribution is 2.69. The standard InChI is InChI=1S/C40H42O9/c1-21-16-23(6-10-29(21)41)35-27-14-15-40(20-28(27)36(48-35)24-7-12-31(43)34(19-24)47-5)38(26-9-13-33(46-4)32(44)18-26)49-37(39(40,3)45)25-8-11-30(42)22(2)17-25/h6-13,16-19,35-38,41-45H,14-15,20H2,1-5H3/t35-,36+,37+,38-,39+,40-/m0/s1. The van der Waals surface area contributed by atoms with Crippen LogP contribution >= 0.6 is 0 Å². The van der Waals surface area contributed by atoms with Gasteiger partial charge >= 0.3 is 0 Å². The second-order valence-corrected chi connectivity index (χ2v) is 13.8. The highest BCUT2D eigenvalue weighted by molar-refractivity contribution is 5.50. The van der Waals surface area contributed by atoms with Gasteiger partial charge in [0.05, 0.1) is 20.3 Å². The predicted octanol–water partition coefficient (Wildman–Crippen LogP) is 7.69. The SMILES string of the molecule is COc1ccc([C@@H]2O[C@H](c3ccc(O)c(C)c3)[C@@](C)(O)[C@]23CCC2=C(C3)[C@@H](c3ccc(O)c(OC)c3)O[C@H]2c2ccc(O)c(C)c2)cc1O. The van der Waals surface area contributed by atoms with Crippen molar-refractivity contribution < 1.29 is 44.5 Å². The molecular formula is C40H42O9. The molecule has 2 aliphatic heterocycles. The van der Waals surface area contributed by atoms with Crippen LogP contribution in [0.1, 0.15) is 84.0 Å². The number of aliphatic hydroxyl groups is 1. The molecule has 9 heteroatoms. The molecule has 1 saturated heterocycles. The molecule has 0 radical (unpaired) electrons. The Balaban J connectivity index is 1.40. The molecule has 7 rings (SSSR count). The molecule has 2 heterocycles. The Kier molecular flexibility index (Phi) is 8.05. The molecule has 6 atom stereocenters. The highest BCUT2D eigenvalue weighted by Gasteiger charge is 2.66. The van der Waals surface area contributed by atoms with E-state index in [1.807, 2.05) is 51.1 Å². The van der Waals surface area contributed by atoms with E-state index in [1.54, 1.807) is 42.5 Å². The molecule has 4 aromatic carbocycles. The Morgan fingerprint density at radius 1 is 0.612 bits per heavy atom. The van der Waals surface area contributed by atoms with Gasteiger partial charge < -0.3 is 44.5 Å². The van der Waals surface area contributed by atoms with Crippen LogP contribution in [0.5, 0.6) is 34.5 Å². The fraction of sp³-hybridized carbons (Fsp3) is 0.350. The fourth-order valence-electron chi connectivity index (χ4n) is 8.27. The van der Waals surface area contributed by atoms with Crippen LogP contribution in [0, 0.1) is 19.3 Å². The summed E-state index contributed by atoms with van der Waals surface area (Å²) in [6.45, 7) is 5.49. The van der Waals surface area contributed by atoms with Gasteiger partial charge in [-0.05, 0) is 133 Å². The zero-order valence-electron chi connectivity index (χ0n) is 28.2. The highest BCUT2D eigenvalue weighted by atomic mass is 16.5. The van der Waals surface area contributed by atoms with Gasteiger partial charge in [0.1, 0.15) is 35.4 Å². The molecule has 0 saturated carbocycles. The summed E-state index contributed by atoms with van der Waals surface area (Å²) in [6.07, 6.45) is -0.788. The fourth-order valence-corrected chi connectivity index (χ4v) is 8.27. The lowest BCUT2D eigenvalue weighted by Gasteiger charge is -2.47. The maximum absolute atomic E-state index is 12.9. The van der Waals surface area contributed by atoms with Gasteiger partial charge in [0.25, 0.3) is 0 Å². The Labute approximate surface area is 285 Å². The number of rotatable bonds is 6. The summed E-state index contributed by atoms with van der Waals surface area (Å²) in [7, 11) is 3.00. The minimum Gasteiger partial charge on any atom is -0.508 e. The van der Waals surface area contributed by atoms with Gasteiger partial charge in [-0.1, -0.05) is 24.3 Å². The van der Waals surface area contributed by atoms with E-state index in [2.05, 4.69) is 0 Å². The van der Waals surface area contributed by atoms with Crippen molar-refractivity contribution in [3.05, 3.63) is 117 Å². The summed E-state index contributed by atoms with van der Waals surface area (Å²) in [6, 6.07) is 21.2. The van der Waals surface area contributed by atoms with Crippen molar-refractivity contribution >= 4 is 0 Å². The number of hydrogen-bond donors (Lipinski definition) is 5.